The Hall–Kier alpha value is -2.75. The molecule has 0 spiro atoms. The zero-order chi connectivity index (χ0) is 18.6. The first-order chi connectivity index (χ1) is 13.2. The number of benzene rings is 2. The number of carbonyl (C=O) groups is 1. The largest absolute Gasteiger partial charge is 0.336 e. The van der Waals surface area contributed by atoms with Crippen molar-refractivity contribution >= 4 is 16.9 Å². The Balaban J connectivity index is 1.59. The number of nitrogens with zero attached hydrogens (tertiary/aromatic N) is 3. The minimum atomic E-state index is 0.174. The Morgan fingerprint density at radius 1 is 0.963 bits per heavy atom. The number of hydrogen-bond acceptors (Lipinski definition) is 3. The Morgan fingerprint density at radius 3 is 2.48 bits per heavy atom. The van der Waals surface area contributed by atoms with Crippen LogP contribution in [0.15, 0.2) is 54.9 Å². The summed E-state index contributed by atoms with van der Waals surface area (Å²) in [5.74, 6) is 0.174. The lowest BCUT2D eigenvalue weighted by molar-refractivity contribution is -0.132. The first kappa shape index (κ1) is 17.7. The fraction of sp³-hybridized carbons (Fsp3) is 0.348. The van der Waals surface area contributed by atoms with Crippen LogP contribution in [0.25, 0.3) is 22.2 Å². The van der Waals surface area contributed by atoms with Gasteiger partial charge in [-0.2, -0.15) is 0 Å². The van der Waals surface area contributed by atoms with Gasteiger partial charge in [-0.1, -0.05) is 43.5 Å². The average molecular weight is 359 g/mol. The molecule has 2 aromatic carbocycles. The summed E-state index contributed by atoms with van der Waals surface area (Å²) in [6.07, 6.45) is 9.44. The lowest BCUT2D eigenvalue weighted by Crippen LogP contribution is -2.39. The van der Waals surface area contributed by atoms with Crippen molar-refractivity contribution in [3.05, 3.63) is 60.4 Å². The number of fused-ring (bicyclic) bond motifs is 1. The lowest BCUT2D eigenvalue weighted by Gasteiger charge is -2.34. The van der Waals surface area contributed by atoms with Crippen LogP contribution in [0, 0.1) is 0 Å². The van der Waals surface area contributed by atoms with Gasteiger partial charge < -0.3 is 4.90 Å². The van der Waals surface area contributed by atoms with Crippen LogP contribution in [0.1, 0.15) is 44.6 Å². The van der Waals surface area contributed by atoms with Crippen LogP contribution < -0.4 is 0 Å². The van der Waals surface area contributed by atoms with Gasteiger partial charge in [-0.3, -0.25) is 14.8 Å². The Labute approximate surface area is 160 Å². The van der Waals surface area contributed by atoms with Crippen LogP contribution in [0.4, 0.5) is 0 Å². The molecule has 1 aromatic heterocycles. The Bertz CT molecular complexity index is 947. The second-order valence-electron chi connectivity index (χ2n) is 7.40. The van der Waals surface area contributed by atoms with Crippen molar-refractivity contribution in [2.75, 3.05) is 0 Å². The fourth-order valence-electron chi connectivity index (χ4n) is 4.08. The van der Waals surface area contributed by atoms with E-state index in [1.165, 1.54) is 24.8 Å². The number of rotatable bonds is 4. The van der Waals surface area contributed by atoms with Crippen molar-refractivity contribution < 1.29 is 4.79 Å². The van der Waals surface area contributed by atoms with Gasteiger partial charge in [0.2, 0.25) is 5.91 Å². The standard InChI is InChI=1S/C23H25N3O/c1-17(27)26(21-8-3-2-4-9-21)16-18-6-5-7-19(14-18)20-10-11-22-23(15-20)25-13-12-24-22/h5-7,10-15,21H,2-4,8-9,16H2,1H3. The molecule has 3 aromatic rings. The summed E-state index contributed by atoms with van der Waals surface area (Å²) in [5.41, 5.74) is 5.24. The molecule has 1 aliphatic carbocycles. The first-order valence-electron chi connectivity index (χ1n) is 9.78. The zero-order valence-electron chi connectivity index (χ0n) is 15.8. The highest BCUT2D eigenvalue weighted by atomic mass is 16.2. The van der Waals surface area contributed by atoms with Gasteiger partial charge in [0.1, 0.15) is 0 Å². The van der Waals surface area contributed by atoms with E-state index in [9.17, 15) is 4.79 Å². The predicted molar refractivity (Wildman–Crippen MR) is 108 cm³/mol. The second kappa shape index (κ2) is 7.87. The Morgan fingerprint density at radius 2 is 1.70 bits per heavy atom. The van der Waals surface area contributed by atoms with Crippen molar-refractivity contribution in [2.45, 2.75) is 51.6 Å². The van der Waals surface area contributed by atoms with Crippen LogP contribution in [0.2, 0.25) is 0 Å². The molecule has 4 nitrogen and oxygen atoms in total. The van der Waals surface area contributed by atoms with Gasteiger partial charge in [0.05, 0.1) is 11.0 Å². The summed E-state index contributed by atoms with van der Waals surface area (Å²) in [5, 5.41) is 0. The highest BCUT2D eigenvalue weighted by Crippen LogP contribution is 2.27. The molecular formula is C23H25N3O. The second-order valence-corrected chi connectivity index (χ2v) is 7.40. The molecule has 138 valence electrons. The van der Waals surface area contributed by atoms with E-state index in [2.05, 4.69) is 51.3 Å². The van der Waals surface area contributed by atoms with Crippen molar-refractivity contribution in [2.24, 2.45) is 0 Å². The van der Waals surface area contributed by atoms with Gasteiger partial charge in [-0.25, -0.2) is 0 Å². The maximum Gasteiger partial charge on any atom is 0.219 e. The molecule has 0 N–H and O–H groups in total. The minimum absolute atomic E-state index is 0.174. The molecule has 1 fully saturated rings. The van der Waals surface area contributed by atoms with Crippen LogP contribution in [-0.2, 0) is 11.3 Å². The van der Waals surface area contributed by atoms with E-state index in [0.29, 0.717) is 12.6 Å². The SMILES string of the molecule is CC(=O)N(Cc1cccc(-c2ccc3nccnc3c2)c1)C1CCCCC1. The highest BCUT2D eigenvalue weighted by molar-refractivity contribution is 5.81. The maximum atomic E-state index is 12.3. The van der Waals surface area contributed by atoms with E-state index >= 15 is 0 Å². The third kappa shape index (κ3) is 4.00. The quantitative estimate of drug-likeness (QED) is 0.660. The van der Waals surface area contributed by atoms with E-state index < -0.39 is 0 Å². The van der Waals surface area contributed by atoms with E-state index in [1.807, 2.05) is 6.07 Å². The predicted octanol–water partition coefficient (Wildman–Crippen LogP) is 4.98. The number of aromatic nitrogens is 2. The van der Waals surface area contributed by atoms with Crippen LogP contribution in [0.5, 0.6) is 0 Å². The molecular weight excluding hydrogens is 334 g/mol. The van der Waals surface area contributed by atoms with E-state index in [1.54, 1.807) is 19.3 Å². The molecule has 4 heteroatoms. The summed E-state index contributed by atoms with van der Waals surface area (Å²) in [6.45, 7) is 2.38. The molecule has 1 amide bonds. The van der Waals surface area contributed by atoms with Gasteiger partial charge in [0, 0.05) is 31.9 Å². The molecule has 27 heavy (non-hydrogen) atoms. The van der Waals surface area contributed by atoms with Gasteiger partial charge in [-0.05, 0) is 47.7 Å². The van der Waals surface area contributed by atoms with Crippen molar-refractivity contribution in [1.82, 2.24) is 14.9 Å². The molecule has 0 unspecified atom stereocenters. The van der Waals surface area contributed by atoms with Crippen molar-refractivity contribution in [1.29, 1.82) is 0 Å². The summed E-state index contributed by atoms with van der Waals surface area (Å²) in [6, 6.07) is 15.0. The molecule has 0 aliphatic heterocycles. The van der Waals surface area contributed by atoms with Gasteiger partial charge in [-0.15, -0.1) is 0 Å². The van der Waals surface area contributed by atoms with Crippen molar-refractivity contribution in [3.63, 3.8) is 0 Å². The summed E-state index contributed by atoms with van der Waals surface area (Å²) in [4.78, 5) is 23.1. The molecule has 0 atom stereocenters. The van der Waals surface area contributed by atoms with E-state index in [-0.39, 0.29) is 5.91 Å². The fourth-order valence-corrected chi connectivity index (χ4v) is 4.08. The summed E-state index contributed by atoms with van der Waals surface area (Å²) in [7, 11) is 0. The van der Waals surface area contributed by atoms with Gasteiger partial charge in [0.25, 0.3) is 0 Å². The molecule has 4 rings (SSSR count). The highest BCUT2D eigenvalue weighted by Gasteiger charge is 2.23. The molecule has 0 bridgehead atoms. The monoisotopic (exact) mass is 359 g/mol. The third-order valence-corrected chi connectivity index (χ3v) is 5.50. The normalized spacial score (nSPS) is 15.0. The van der Waals surface area contributed by atoms with Gasteiger partial charge in [0.15, 0.2) is 0 Å². The van der Waals surface area contributed by atoms with E-state index in [0.717, 1.165) is 35.0 Å². The lowest BCUT2D eigenvalue weighted by atomic mass is 9.93. The first-order valence-corrected chi connectivity index (χ1v) is 9.78. The summed E-state index contributed by atoms with van der Waals surface area (Å²) < 4.78 is 0. The molecule has 1 saturated carbocycles. The summed E-state index contributed by atoms with van der Waals surface area (Å²) >= 11 is 0. The smallest absolute Gasteiger partial charge is 0.219 e. The topological polar surface area (TPSA) is 46.1 Å². The number of hydrogen-bond donors (Lipinski definition) is 0. The minimum Gasteiger partial charge on any atom is -0.336 e. The number of carbonyl (C=O) groups excluding carboxylic acids is 1. The zero-order valence-corrected chi connectivity index (χ0v) is 15.8. The number of amides is 1. The van der Waals surface area contributed by atoms with Crippen LogP contribution in [-0.4, -0.2) is 26.8 Å². The molecule has 1 heterocycles. The Kier molecular flexibility index (Phi) is 5.14. The molecule has 1 aliphatic rings. The van der Waals surface area contributed by atoms with Crippen LogP contribution in [0.3, 0.4) is 0 Å². The molecule has 0 saturated heterocycles. The average Bonchev–Trinajstić information content (AvgIpc) is 2.72. The maximum absolute atomic E-state index is 12.3. The molecule has 0 radical (unpaired) electrons. The van der Waals surface area contributed by atoms with Gasteiger partial charge >= 0.3 is 0 Å². The van der Waals surface area contributed by atoms with Crippen LogP contribution >= 0.6 is 0 Å². The third-order valence-electron chi connectivity index (χ3n) is 5.50. The van der Waals surface area contributed by atoms with Crippen molar-refractivity contribution in [3.8, 4) is 11.1 Å². The van der Waals surface area contributed by atoms with E-state index in [4.69, 9.17) is 0 Å².